The first-order chi connectivity index (χ1) is 12.2. The van der Waals surface area contributed by atoms with Crippen LogP contribution < -0.4 is 10.6 Å². The minimum Gasteiger partial charge on any atom is -0.380 e. The van der Waals surface area contributed by atoms with Crippen molar-refractivity contribution in [3.8, 4) is 0 Å². The van der Waals surface area contributed by atoms with Gasteiger partial charge in [-0.3, -0.25) is 14.8 Å². The SMILES string of the molecule is O=C(NCc1cccnc1)c1cncc(NCc2ccccc2Cl)c1. The molecule has 0 radical (unpaired) electrons. The van der Waals surface area contributed by atoms with Gasteiger partial charge in [0, 0.05) is 42.9 Å². The van der Waals surface area contributed by atoms with Crippen LogP contribution in [-0.4, -0.2) is 15.9 Å². The molecule has 0 aliphatic heterocycles. The van der Waals surface area contributed by atoms with Gasteiger partial charge in [0.1, 0.15) is 0 Å². The summed E-state index contributed by atoms with van der Waals surface area (Å²) in [6.07, 6.45) is 6.64. The van der Waals surface area contributed by atoms with Crippen molar-refractivity contribution in [3.63, 3.8) is 0 Å². The van der Waals surface area contributed by atoms with Gasteiger partial charge in [-0.1, -0.05) is 35.9 Å². The van der Waals surface area contributed by atoms with E-state index < -0.39 is 0 Å². The van der Waals surface area contributed by atoms with E-state index in [1.54, 1.807) is 30.9 Å². The summed E-state index contributed by atoms with van der Waals surface area (Å²) in [4.78, 5) is 20.4. The molecule has 126 valence electrons. The molecular formula is C19H17ClN4O. The zero-order chi connectivity index (χ0) is 17.5. The number of hydrogen-bond acceptors (Lipinski definition) is 4. The molecule has 2 N–H and O–H groups in total. The maximum atomic E-state index is 12.3. The van der Waals surface area contributed by atoms with Gasteiger partial charge in [0.15, 0.2) is 0 Å². The third-order valence-corrected chi connectivity index (χ3v) is 3.99. The lowest BCUT2D eigenvalue weighted by atomic mass is 10.2. The number of nitrogens with one attached hydrogen (secondary N) is 2. The van der Waals surface area contributed by atoms with E-state index in [4.69, 9.17) is 11.6 Å². The van der Waals surface area contributed by atoms with Crippen LogP contribution in [-0.2, 0) is 13.1 Å². The molecule has 0 aliphatic carbocycles. The summed E-state index contributed by atoms with van der Waals surface area (Å²) in [5, 5.41) is 6.79. The van der Waals surface area contributed by atoms with E-state index in [2.05, 4.69) is 20.6 Å². The number of carbonyl (C=O) groups excluding carboxylic acids is 1. The molecular weight excluding hydrogens is 336 g/mol. The van der Waals surface area contributed by atoms with Crippen LogP contribution in [0.2, 0.25) is 5.02 Å². The normalized spacial score (nSPS) is 10.3. The Bertz CT molecular complexity index is 855. The number of benzene rings is 1. The molecule has 2 heterocycles. The van der Waals surface area contributed by atoms with Gasteiger partial charge < -0.3 is 10.6 Å². The Morgan fingerprint density at radius 1 is 1.00 bits per heavy atom. The highest BCUT2D eigenvalue weighted by atomic mass is 35.5. The lowest BCUT2D eigenvalue weighted by Gasteiger charge is -2.09. The Labute approximate surface area is 151 Å². The highest BCUT2D eigenvalue weighted by molar-refractivity contribution is 6.31. The van der Waals surface area contributed by atoms with Crippen LogP contribution in [0.5, 0.6) is 0 Å². The highest BCUT2D eigenvalue weighted by Crippen LogP contribution is 2.17. The lowest BCUT2D eigenvalue weighted by Crippen LogP contribution is -2.23. The third kappa shape index (κ3) is 4.78. The van der Waals surface area contributed by atoms with Gasteiger partial charge in [0.25, 0.3) is 5.91 Å². The fraction of sp³-hybridized carbons (Fsp3) is 0.105. The molecule has 1 aromatic carbocycles. The molecule has 0 fully saturated rings. The topological polar surface area (TPSA) is 66.9 Å². The van der Waals surface area contributed by atoms with Crippen molar-refractivity contribution in [2.24, 2.45) is 0 Å². The maximum absolute atomic E-state index is 12.3. The van der Waals surface area contributed by atoms with Crippen LogP contribution in [0.1, 0.15) is 21.5 Å². The van der Waals surface area contributed by atoms with Crippen molar-refractivity contribution >= 4 is 23.2 Å². The van der Waals surface area contributed by atoms with Gasteiger partial charge in [0.2, 0.25) is 0 Å². The first-order valence-corrected chi connectivity index (χ1v) is 8.19. The Hall–Kier alpha value is -2.92. The molecule has 0 saturated carbocycles. The minimum atomic E-state index is -0.183. The van der Waals surface area contributed by atoms with E-state index in [0.29, 0.717) is 23.7 Å². The van der Waals surface area contributed by atoms with E-state index in [0.717, 1.165) is 16.8 Å². The Balaban J connectivity index is 1.61. The Morgan fingerprint density at radius 2 is 1.88 bits per heavy atom. The molecule has 0 atom stereocenters. The van der Waals surface area contributed by atoms with Crippen molar-refractivity contribution < 1.29 is 4.79 Å². The number of anilines is 1. The van der Waals surface area contributed by atoms with Crippen molar-refractivity contribution in [3.05, 3.63) is 89.0 Å². The number of hydrogen-bond donors (Lipinski definition) is 2. The Morgan fingerprint density at radius 3 is 2.68 bits per heavy atom. The fourth-order valence-corrected chi connectivity index (χ4v) is 2.49. The second-order valence-corrected chi connectivity index (χ2v) is 5.86. The fourth-order valence-electron chi connectivity index (χ4n) is 2.29. The van der Waals surface area contributed by atoms with Gasteiger partial charge in [0.05, 0.1) is 11.3 Å². The predicted molar refractivity (Wildman–Crippen MR) is 98.4 cm³/mol. The Kier molecular flexibility index (Phi) is 5.59. The molecule has 0 spiro atoms. The summed E-state index contributed by atoms with van der Waals surface area (Å²) in [7, 11) is 0. The van der Waals surface area contributed by atoms with Crippen LogP contribution in [0.3, 0.4) is 0 Å². The second-order valence-electron chi connectivity index (χ2n) is 5.45. The van der Waals surface area contributed by atoms with Gasteiger partial charge in [-0.25, -0.2) is 0 Å². The molecule has 0 aliphatic rings. The average molecular weight is 353 g/mol. The summed E-state index contributed by atoms with van der Waals surface area (Å²) < 4.78 is 0. The number of aromatic nitrogens is 2. The number of halogens is 1. The number of pyridine rings is 2. The number of carbonyl (C=O) groups is 1. The zero-order valence-corrected chi connectivity index (χ0v) is 14.2. The highest BCUT2D eigenvalue weighted by Gasteiger charge is 2.07. The molecule has 0 saturated heterocycles. The lowest BCUT2D eigenvalue weighted by molar-refractivity contribution is 0.0950. The molecule has 5 nitrogen and oxygen atoms in total. The first kappa shape index (κ1) is 16.9. The van der Waals surface area contributed by atoms with Crippen LogP contribution in [0.25, 0.3) is 0 Å². The molecule has 2 aromatic heterocycles. The summed E-state index contributed by atoms with van der Waals surface area (Å²) in [6.45, 7) is 0.978. The first-order valence-electron chi connectivity index (χ1n) is 7.82. The molecule has 1 amide bonds. The van der Waals surface area contributed by atoms with Crippen molar-refractivity contribution in [2.45, 2.75) is 13.1 Å². The molecule has 3 rings (SSSR count). The largest absolute Gasteiger partial charge is 0.380 e. The molecule has 3 aromatic rings. The molecule has 0 bridgehead atoms. The predicted octanol–water partition coefficient (Wildman–Crippen LogP) is 3.67. The summed E-state index contributed by atoms with van der Waals surface area (Å²) in [6, 6.07) is 13.1. The minimum absolute atomic E-state index is 0.183. The van der Waals surface area contributed by atoms with Crippen LogP contribution >= 0.6 is 11.6 Å². The quantitative estimate of drug-likeness (QED) is 0.710. The third-order valence-electron chi connectivity index (χ3n) is 3.62. The van der Waals surface area contributed by atoms with E-state index >= 15 is 0 Å². The molecule has 6 heteroatoms. The van der Waals surface area contributed by atoms with E-state index in [9.17, 15) is 4.79 Å². The van der Waals surface area contributed by atoms with Crippen LogP contribution in [0.4, 0.5) is 5.69 Å². The zero-order valence-electron chi connectivity index (χ0n) is 13.4. The smallest absolute Gasteiger partial charge is 0.253 e. The molecule has 25 heavy (non-hydrogen) atoms. The standard InChI is InChI=1S/C19H17ClN4O/c20-18-6-2-1-5-15(18)12-23-17-8-16(11-22-13-17)19(25)24-10-14-4-3-7-21-9-14/h1-9,11,13,23H,10,12H2,(H,24,25). The second kappa shape index (κ2) is 8.26. The van der Waals surface area contributed by atoms with E-state index in [-0.39, 0.29) is 5.91 Å². The van der Waals surface area contributed by atoms with Gasteiger partial charge in [-0.05, 0) is 29.3 Å². The van der Waals surface area contributed by atoms with Crippen molar-refractivity contribution in [1.82, 2.24) is 15.3 Å². The van der Waals surface area contributed by atoms with Crippen LogP contribution in [0, 0.1) is 0 Å². The molecule has 0 unspecified atom stereocenters. The monoisotopic (exact) mass is 352 g/mol. The van der Waals surface area contributed by atoms with Gasteiger partial charge >= 0.3 is 0 Å². The number of rotatable bonds is 6. The maximum Gasteiger partial charge on any atom is 0.253 e. The van der Waals surface area contributed by atoms with Gasteiger partial charge in [-0.15, -0.1) is 0 Å². The van der Waals surface area contributed by atoms with Crippen molar-refractivity contribution in [2.75, 3.05) is 5.32 Å². The van der Waals surface area contributed by atoms with E-state index in [1.807, 2.05) is 36.4 Å². The number of amides is 1. The average Bonchev–Trinajstić information content (AvgIpc) is 2.66. The van der Waals surface area contributed by atoms with Gasteiger partial charge in [-0.2, -0.15) is 0 Å². The number of nitrogens with zero attached hydrogens (tertiary/aromatic N) is 2. The van der Waals surface area contributed by atoms with E-state index in [1.165, 1.54) is 0 Å². The van der Waals surface area contributed by atoms with Crippen LogP contribution in [0.15, 0.2) is 67.3 Å². The summed E-state index contributed by atoms with van der Waals surface area (Å²) >= 11 is 6.15. The van der Waals surface area contributed by atoms with Crippen molar-refractivity contribution in [1.29, 1.82) is 0 Å². The summed E-state index contributed by atoms with van der Waals surface area (Å²) in [5.41, 5.74) is 3.18. The summed E-state index contributed by atoms with van der Waals surface area (Å²) in [5.74, 6) is -0.183.